The van der Waals surface area contributed by atoms with Gasteiger partial charge in [-0.1, -0.05) is 37.3 Å². The third-order valence-corrected chi connectivity index (χ3v) is 5.62. The van der Waals surface area contributed by atoms with E-state index in [1.165, 1.54) is 29.0 Å². The molecule has 0 saturated heterocycles. The number of rotatable bonds is 7. The first-order chi connectivity index (χ1) is 13.5. The fourth-order valence-electron chi connectivity index (χ4n) is 2.52. The van der Waals surface area contributed by atoms with Gasteiger partial charge in [-0.3, -0.25) is 14.9 Å². The minimum Gasteiger partial charge on any atom is -0.479 e. The fourth-order valence-corrected chi connectivity index (χ4v) is 3.82. The normalized spacial score (nSPS) is 12.2. The van der Waals surface area contributed by atoms with Crippen molar-refractivity contribution in [2.24, 2.45) is 5.10 Å². The number of benzene rings is 2. The molecule has 1 heterocycles. The lowest BCUT2D eigenvalue weighted by Crippen LogP contribution is -2.35. The van der Waals surface area contributed by atoms with E-state index in [-0.39, 0.29) is 5.69 Å². The average molecular weight is 462 g/mol. The number of thiophene rings is 1. The number of carbonyl (C=O) groups excluding carboxylic acids is 1. The molecular formula is C19H16BrN3O4S. The number of fused-ring (bicyclic) bond motifs is 1. The number of ether oxygens (including phenoxy) is 1. The monoisotopic (exact) mass is 461 g/mol. The van der Waals surface area contributed by atoms with Crippen LogP contribution in [-0.2, 0) is 4.79 Å². The van der Waals surface area contributed by atoms with Gasteiger partial charge in [0.25, 0.3) is 11.6 Å². The molecule has 0 aliphatic carbocycles. The summed E-state index contributed by atoms with van der Waals surface area (Å²) in [6.45, 7) is 1.84. The molecular weight excluding hydrogens is 446 g/mol. The van der Waals surface area contributed by atoms with Crippen LogP contribution in [0.1, 0.15) is 18.2 Å². The molecule has 0 bridgehead atoms. The van der Waals surface area contributed by atoms with Crippen molar-refractivity contribution in [3.05, 3.63) is 67.3 Å². The van der Waals surface area contributed by atoms with Gasteiger partial charge in [0.2, 0.25) is 0 Å². The van der Waals surface area contributed by atoms with Gasteiger partial charge in [0.1, 0.15) is 5.75 Å². The first kappa shape index (κ1) is 20.0. The molecule has 7 nitrogen and oxygen atoms in total. The Morgan fingerprint density at radius 3 is 2.89 bits per heavy atom. The van der Waals surface area contributed by atoms with Crippen molar-refractivity contribution in [1.82, 2.24) is 5.43 Å². The number of halogens is 1. The predicted octanol–water partition coefficient (Wildman–Crippen LogP) is 4.88. The van der Waals surface area contributed by atoms with E-state index in [1.54, 1.807) is 0 Å². The van der Waals surface area contributed by atoms with Crippen molar-refractivity contribution in [2.75, 3.05) is 0 Å². The van der Waals surface area contributed by atoms with E-state index in [4.69, 9.17) is 4.74 Å². The Kier molecular flexibility index (Phi) is 6.37. The molecule has 0 saturated carbocycles. The summed E-state index contributed by atoms with van der Waals surface area (Å²) < 4.78 is 6.67. The summed E-state index contributed by atoms with van der Waals surface area (Å²) in [5.74, 6) is 0.170. The lowest BCUT2D eigenvalue weighted by molar-refractivity contribution is -0.384. The number of amides is 1. The number of hydrazone groups is 1. The second-order valence-electron chi connectivity index (χ2n) is 5.81. The van der Waals surface area contributed by atoms with Crippen molar-refractivity contribution >= 4 is 55.8 Å². The number of nitro groups is 1. The lowest BCUT2D eigenvalue weighted by Gasteiger charge is -2.17. The maximum Gasteiger partial charge on any atom is 0.281 e. The summed E-state index contributed by atoms with van der Waals surface area (Å²) in [6, 6.07) is 13.0. The summed E-state index contributed by atoms with van der Waals surface area (Å²) in [5.41, 5.74) is 2.42. The van der Waals surface area contributed by atoms with Crippen LogP contribution in [0.3, 0.4) is 0 Å². The summed E-state index contributed by atoms with van der Waals surface area (Å²) in [7, 11) is 0. The first-order valence-corrected chi connectivity index (χ1v) is 10.1. The molecule has 9 heteroatoms. The molecule has 1 aromatic heterocycles. The molecule has 0 aliphatic heterocycles. The fraction of sp³-hybridized carbons (Fsp3) is 0.158. The van der Waals surface area contributed by atoms with Gasteiger partial charge in [-0.2, -0.15) is 5.10 Å². The van der Waals surface area contributed by atoms with Crippen LogP contribution in [0.5, 0.6) is 5.75 Å². The van der Waals surface area contributed by atoms with Gasteiger partial charge in [0.05, 0.1) is 25.9 Å². The van der Waals surface area contributed by atoms with Crippen LogP contribution in [0.4, 0.5) is 5.69 Å². The van der Waals surface area contributed by atoms with Gasteiger partial charge in [-0.15, -0.1) is 11.3 Å². The van der Waals surface area contributed by atoms with Gasteiger partial charge in [-0.05, 0) is 39.2 Å². The molecule has 1 unspecified atom stereocenters. The van der Waals surface area contributed by atoms with Gasteiger partial charge in [-0.25, -0.2) is 5.43 Å². The summed E-state index contributed by atoms with van der Waals surface area (Å²) >= 11 is 4.72. The highest BCUT2D eigenvalue weighted by Gasteiger charge is 2.20. The standard InChI is InChI=1S/C19H16BrN3O4S/c1-2-16(19(24)22-21-10-14-9-13(11-28-14)23(25)26)27-17-8-7-12-5-3-4-6-15(12)18(17)20/h3-11,16H,2H2,1H3,(H,22,24). The first-order valence-electron chi connectivity index (χ1n) is 8.39. The number of nitrogens with zero attached hydrogens (tertiary/aromatic N) is 2. The van der Waals surface area contributed by atoms with E-state index in [0.717, 1.165) is 15.2 Å². The van der Waals surface area contributed by atoms with Crippen molar-refractivity contribution < 1.29 is 14.5 Å². The van der Waals surface area contributed by atoms with Crippen molar-refractivity contribution in [2.45, 2.75) is 19.4 Å². The van der Waals surface area contributed by atoms with Gasteiger partial charge in [0.15, 0.2) is 6.10 Å². The zero-order valence-electron chi connectivity index (χ0n) is 14.8. The maximum atomic E-state index is 12.4. The van der Waals surface area contributed by atoms with Gasteiger partial charge < -0.3 is 4.74 Å². The molecule has 0 fully saturated rings. The summed E-state index contributed by atoms with van der Waals surface area (Å²) in [5, 5.41) is 18.0. The quantitative estimate of drug-likeness (QED) is 0.308. The molecule has 3 rings (SSSR count). The molecule has 28 heavy (non-hydrogen) atoms. The van der Waals surface area contributed by atoms with E-state index >= 15 is 0 Å². The third-order valence-electron chi connectivity index (χ3n) is 3.94. The van der Waals surface area contributed by atoms with E-state index in [2.05, 4.69) is 26.5 Å². The van der Waals surface area contributed by atoms with E-state index in [1.807, 2.05) is 43.3 Å². The summed E-state index contributed by atoms with van der Waals surface area (Å²) in [6.07, 6.45) is 1.09. The highest BCUT2D eigenvalue weighted by Crippen LogP contribution is 2.33. The average Bonchev–Trinajstić information content (AvgIpc) is 3.17. The molecule has 1 atom stereocenters. The van der Waals surface area contributed by atoms with Gasteiger partial charge >= 0.3 is 0 Å². The zero-order chi connectivity index (χ0) is 20.1. The lowest BCUT2D eigenvalue weighted by atomic mass is 10.1. The minimum atomic E-state index is -0.729. The van der Waals surface area contributed by atoms with Gasteiger partial charge in [0, 0.05) is 6.07 Å². The summed E-state index contributed by atoms with van der Waals surface area (Å²) in [4.78, 5) is 23.2. The molecule has 1 N–H and O–H groups in total. The SMILES string of the molecule is CCC(Oc1ccc2ccccc2c1Br)C(=O)NN=Cc1cc([N+](=O)[O-])cs1. The number of nitrogens with one attached hydrogen (secondary N) is 1. The van der Waals surface area contributed by atoms with E-state index in [0.29, 0.717) is 17.0 Å². The molecule has 144 valence electrons. The Bertz CT molecular complexity index is 1050. The Hall–Kier alpha value is -2.78. The number of hydrogen-bond acceptors (Lipinski definition) is 6. The third kappa shape index (κ3) is 4.55. The van der Waals surface area contributed by atoms with Crippen LogP contribution in [0, 0.1) is 10.1 Å². The van der Waals surface area contributed by atoms with Crippen molar-refractivity contribution in [3.8, 4) is 5.75 Å². The van der Waals surface area contributed by atoms with Crippen molar-refractivity contribution in [1.29, 1.82) is 0 Å². The Morgan fingerprint density at radius 2 is 2.18 bits per heavy atom. The van der Waals surface area contributed by atoms with Crippen LogP contribution in [0.15, 0.2) is 57.4 Å². The minimum absolute atomic E-state index is 0.00583. The molecule has 0 spiro atoms. The highest BCUT2D eigenvalue weighted by atomic mass is 79.9. The molecule has 0 radical (unpaired) electrons. The van der Waals surface area contributed by atoms with Crippen LogP contribution in [0.25, 0.3) is 10.8 Å². The van der Waals surface area contributed by atoms with E-state index in [9.17, 15) is 14.9 Å². The van der Waals surface area contributed by atoms with Crippen LogP contribution < -0.4 is 10.2 Å². The highest BCUT2D eigenvalue weighted by molar-refractivity contribution is 9.10. The van der Waals surface area contributed by atoms with Crippen molar-refractivity contribution in [3.63, 3.8) is 0 Å². The van der Waals surface area contributed by atoms with Crippen LogP contribution in [0.2, 0.25) is 0 Å². The van der Waals surface area contributed by atoms with E-state index < -0.39 is 16.9 Å². The zero-order valence-corrected chi connectivity index (χ0v) is 17.2. The maximum absolute atomic E-state index is 12.4. The molecule has 0 aliphatic rings. The molecule has 1 amide bonds. The molecule has 2 aromatic carbocycles. The molecule has 3 aromatic rings. The second kappa shape index (κ2) is 8.94. The Labute approximate surface area is 173 Å². The van der Waals surface area contributed by atoms with Crippen LogP contribution in [-0.4, -0.2) is 23.1 Å². The topological polar surface area (TPSA) is 93.8 Å². The smallest absolute Gasteiger partial charge is 0.281 e. The number of carbonyl (C=O) groups is 1. The second-order valence-corrected chi connectivity index (χ2v) is 7.55. The largest absolute Gasteiger partial charge is 0.479 e. The Morgan fingerprint density at radius 1 is 1.39 bits per heavy atom. The predicted molar refractivity (Wildman–Crippen MR) is 113 cm³/mol. The Balaban J connectivity index is 1.67. The number of hydrogen-bond donors (Lipinski definition) is 1. The van der Waals surface area contributed by atoms with Crippen LogP contribution >= 0.6 is 27.3 Å².